The smallest absolute Gasteiger partial charge is 0.243 e. The molecule has 0 atom stereocenters. The van der Waals surface area contributed by atoms with Gasteiger partial charge in [0.2, 0.25) is 24.0 Å². The van der Waals surface area contributed by atoms with Gasteiger partial charge in [-0.25, -0.2) is 0 Å². The molecule has 4 aromatic rings. The summed E-state index contributed by atoms with van der Waals surface area (Å²) in [4.78, 5) is 4.41. The van der Waals surface area contributed by atoms with Gasteiger partial charge in [0, 0.05) is 23.9 Å². The highest BCUT2D eigenvalue weighted by Crippen LogP contribution is 2.21. The van der Waals surface area contributed by atoms with E-state index in [4.69, 9.17) is 0 Å². The van der Waals surface area contributed by atoms with Gasteiger partial charge in [-0.15, -0.1) is 10.2 Å². The standard InChI is InChI=1S/C18H14N5/c1-3-9-15(10-4-1)17-20-21-18(16-11-5-6-12-19-16)23(17)22-13-7-2-8-14-22/h1-14H/q+1. The van der Waals surface area contributed by atoms with Crippen molar-refractivity contribution in [1.82, 2.24) is 19.9 Å². The van der Waals surface area contributed by atoms with Crippen LogP contribution in [0, 0.1) is 0 Å². The van der Waals surface area contributed by atoms with Gasteiger partial charge in [-0.2, -0.15) is 0 Å². The van der Waals surface area contributed by atoms with E-state index in [0.29, 0.717) is 5.82 Å². The monoisotopic (exact) mass is 300 g/mol. The summed E-state index contributed by atoms with van der Waals surface area (Å²) in [5.74, 6) is 1.46. The maximum Gasteiger partial charge on any atom is 0.243 e. The number of hydrogen-bond acceptors (Lipinski definition) is 3. The van der Waals surface area contributed by atoms with Crippen LogP contribution in [0.2, 0.25) is 0 Å². The van der Waals surface area contributed by atoms with Crippen LogP contribution >= 0.6 is 0 Å². The molecule has 0 unspecified atom stereocenters. The lowest BCUT2D eigenvalue weighted by Gasteiger charge is -2.04. The highest BCUT2D eigenvalue weighted by molar-refractivity contribution is 5.59. The van der Waals surface area contributed by atoms with Gasteiger partial charge in [-0.1, -0.05) is 51.8 Å². The van der Waals surface area contributed by atoms with Crippen molar-refractivity contribution in [2.45, 2.75) is 0 Å². The molecule has 0 spiro atoms. The van der Waals surface area contributed by atoms with Crippen LogP contribution in [0.5, 0.6) is 0 Å². The molecular weight excluding hydrogens is 286 g/mol. The molecule has 4 rings (SSSR count). The first kappa shape index (κ1) is 13.3. The van der Waals surface area contributed by atoms with Crippen LogP contribution in [-0.4, -0.2) is 19.9 Å². The SMILES string of the molecule is c1ccc(-c2nnc(-c3ccccn3)n2-[n+]2ccccc2)cc1. The van der Waals surface area contributed by atoms with Crippen molar-refractivity contribution in [3.8, 4) is 22.9 Å². The number of rotatable bonds is 3. The van der Waals surface area contributed by atoms with Gasteiger partial charge in [0.05, 0.1) is 0 Å². The van der Waals surface area contributed by atoms with Gasteiger partial charge in [0.25, 0.3) is 0 Å². The number of nitrogens with zero attached hydrogens (tertiary/aromatic N) is 5. The van der Waals surface area contributed by atoms with E-state index in [1.807, 2.05) is 88.5 Å². The summed E-state index contributed by atoms with van der Waals surface area (Å²) in [5.41, 5.74) is 1.78. The van der Waals surface area contributed by atoms with Crippen molar-refractivity contribution in [1.29, 1.82) is 0 Å². The molecule has 3 heterocycles. The Morgan fingerprint density at radius 1 is 0.696 bits per heavy atom. The van der Waals surface area contributed by atoms with Gasteiger partial charge in [0.15, 0.2) is 0 Å². The predicted octanol–water partition coefficient (Wildman–Crippen LogP) is 2.61. The van der Waals surface area contributed by atoms with Crippen LogP contribution in [0.3, 0.4) is 0 Å². The average molecular weight is 300 g/mol. The fourth-order valence-electron chi connectivity index (χ4n) is 2.44. The van der Waals surface area contributed by atoms with E-state index in [2.05, 4.69) is 15.2 Å². The summed E-state index contributed by atoms with van der Waals surface area (Å²) in [5, 5.41) is 8.76. The fourth-order valence-corrected chi connectivity index (χ4v) is 2.44. The first-order valence-corrected chi connectivity index (χ1v) is 7.33. The molecule has 0 bridgehead atoms. The molecule has 5 heteroatoms. The van der Waals surface area contributed by atoms with E-state index in [9.17, 15) is 0 Å². The van der Waals surface area contributed by atoms with Crippen LogP contribution in [-0.2, 0) is 0 Å². The Hall–Kier alpha value is -3.34. The molecule has 0 aliphatic heterocycles. The van der Waals surface area contributed by atoms with E-state index in [-0.39, 0.29) is 0 Å². The third kappa shape index (κ3) is 2.48. The number of hydrogen-bond donors (Lipinski definition) is 0. The first-order valence-electron chi connectivity index (χ1n) is 7.33. The molecular formula is C18H14N5+. The minimum Gasteiger partial charge on any atom is -0.253 e. The zero-order valence-electron chi connectivity index (χ0n) is 12.3. The van der Waals surface area contributed by atoms with Gasteiger partial charge in [-0.3, -0.25) is 4.98 Å². The van der Waals surface area contributed by atoms with E-state index < -0.39 is 0 Å². The second-order valence-corrected chi connectivity index (χ2v) is 5.00. The summed E-state index contributed by atoms with van der Waals surface area (Å²) >= 11 is 0. The fraction of sp³-hybridized carbons (Fsp3) is 0. The van der Waals surface area contributed by atoms with Crippen LogP contribution < -0.4 is 4.68 Å². The van der Waals surface area contributed by atoms with E-state index >= 15 is 0 Å². The van der Waals surface area contributed by atoms with Gasteiger partial charge in [0.1, 0.15) is 5.69 Å². The number of pyridine rings is 2. The van der Waals surface area contributed by atoms with Crippen LogP contribution in [0.25, 0.3) is 22.9 Å². The molecule has 0 amide bonds. The third-order valence-corrected chi connectivity index (χ3v) is 3.50. The highest BCUT2D eigenvalue weighted by Gasteiger charge is 2.22. The molecule has 0 saturated heterocycles. The zero-order valence-corrected chi connectivity index (χ0v) is 12.3. The maximum absolute atomic E-state index is 4.41. The van der Waals surface area contributed by atoms with Crippen LogP contribution in [0.4, 0.5) is 0 Å². The lowest BCUT2D eigenvalue weighted by molar-refractivity contribution is -0.725. The molecule has 0 N–H and O–H groups in total. The van der Waals surface area contributed by atoms with E-state index in [0.717, 1.165) is 17.1 Å². The summed E-state index contributed by atoms with van der Waals surface area (Å²) in [6.45, 7) is 0. The van der Waals surface area contributed by atoms with Crippen molar-refractivity contribution < 1.29 is 4.68 Å². The molecule has 5 nitrogen and oxygen atoms in total. The Morgan fingerprint density at radius 3 is 2.13 bits per heavy atom. The van der Waals surface area contributed by atoms with Crippen LogP contribution in [0.1, 0.15) is 0 Å². The number of aromatic nitrogens is 5. The van der Waals surface area contributed by atoms with Crippen molar-refractivity contribution in [3.63, 3.8) is 0 Å². The highest BCUT2D eigenvalue weighted by atomic mass is 15.5. The van der Waals surface area contributed by atoms with E-state index in [1.54, 1.807) is 6.20 Å². The Labute approximate surface area is 133 Å². The molecule has 110 valence electrons. The lowest BCUT2D eigenvalue weighted by atomic mass is 10.2. The summed E-state index contributed by atoms with van der Waals surface area (Å²) in [6.07, 6.45) is 5.68. The average Bonchev–Trinajstić information content (AvgIpc) is 3.09. The zero-order chi connectivity index (χ0) is 15.5. The second kappa shape index (κ2) is 5.81. The Kier molecular flexibility index (Phi) is 3.37. The molecule has 0 saturated carbocycles. The molecule has 0 aliphatic carbocycles. The summed E-state index contributed by atoms with van der Waals surface area (Å²) in [6, 6.07) is 21.7. The summed E-state index contributed by atoms with van der Waals surface area (Å²) < 4.78 is 3.91. The summed E-state index contributed by atoms with van der Waals surface area (Å²) in [7, 11) is 0. The minimum absolute atomic E-state index is 0.695. The molecule has 1 aromatic carbocycles. The van der Waals surface area contributed by atoms with Gasteiger partial charge >= 0.3 is 0 Å². The van der Waals surface area contributed by atoms with Crippen molar-refractivity contribution >= 4 is 0 Å². The normalized spacial score (nSPS) is 10.6. The van der Waals surface area contributed by atoms with Crippen molar-refractivity contribution in [2.75, 3.05) is 0 Å². The van der Waals surface area contributed by atoms with Crippen LogP contribution in [0.15, 0.2) is 85.3 Å². The van der Waals surface area contributed by atoms with Crippen molar-refractivity contribution in [2.24, 2.45) is 0 Å². The third-order valence-electron chi connectivity index (χ3n) is 3.50. The molecule has 0 fully saturated rings. The van der Waals surface area contributed by atoms with Gasteiger partial charge in [-0.05, 0) is 12.1 Å². The Bertz CT molecular complexity index is 845. The molecule has 0 radical (unpaired) electrons. The number of benzene rings is 1. The molecule has 3 aromatic heterocycles. The molecule has 0 aliphatic rings. The second-order valence-electron chi connectivity index (χ2n) is 5.00. The first-order chi connectivity index (χ1) is 11.4. The Balaban J connectivity index is 1.97. The molecule has 23 heavy (non-hydrogen) atoms. The maximum atomic E-state index is 4.41. The largest absolute Gasteiger partial charge is 0.253 e. The lowest BCUT2D eigenvalue weighted by Crippen LogP contribution is -2.42. The minimum atomic E-state index is 0.695. The van der Waals surface area contributed by atoms with E-state index in [1.165, 1.54) is 0 Å². The predicted molar refractivity (Wildman–Crippen MR) is 86.1 cm³/mol. The Morgan fingerprint density at radius 2 is 1.39 bits per heavy atom. The van der Waals surface area contributed by atoms with Crippen molar-refractivity contribution in [3.05, 3.63) is 85.3 Å². The quantitative estimate of drug-likeness (QED) is 0.546. The topological polar surface area (TPSA) is 47.5 Å². The van der Waals surface area contributed by atoms with Gasteiger partial charge < -0.3 is 0 Å².